The quantitative estimate of drug-likeness (QED) is 0.211. The fraction of sp³-hybridized carbons (Fsp3) is 0. The van der Waals surface area contributed by atoms with Crippen LogP contribution in [0.5, 0.6) is 11.5 Å². The zero-order valence-electron chi connectivity index (χ0n) is 14.8. The maximum Gasteiger partial charge on any atom is 0.281 e. The van der Waals surface area contributed by atoms with Crippen molar-refractivity contribution in [2.45, 2.75) is 0 Å². The van der Waals surface area contributed by atoms with Gasteiger partial charge in [0.2, 0.25) is 11.6 Å². The number of nitro groups is 1. The molecule has 3 aromatic carbocycles. The summed E-state index contributed by atoms with van der Waals surface area (Å²) in [5, 5.41) is 35.5. The molecule has 150 valence electrons. The van der Waals surface area contributed by atoms with Gasteiger partial charge in [-0.2, -0.15) is 0 Å². The zero-order valence-corrected chi connectivity index (χ0v) is 17.1. The van der Waals surface area contributed by atoms with E-state index in [-0.39, 0.29) is 21.3 Å². The predicted molar refractivity (Wildman–Crippen MR) is 112 cm³/mol. The highest BCUT2D eigenvalue weighted by Crippen LogP contribution is 2.46. The van der Waals surface area contributed by atoms with Crippen molar-refractivity contribution in [2.75, 3.05) is 5.32 Å². The van der Waals surface area contributed by atoms with Crippen LogP contribution < -0.4 is 5.32 Å². The third kappa shape index (κ3) is 2.99. The number of phenols is 2. The molecule has 0 aliphatic heterocycles. The van der Waals surface area contributed by atoms with E-state index in [0.29, 0.717) is 10.7 Å². The minimum Gasteiger partial charge on any atom is -0.507 e. The third-order valence-corrected chi connectivity index (χ3v) is 5.50. The first kappa shape index (κ1) is 19.9. The normalized spacial score (nSPS) is 12.3. The Balaban J connectivity index is 2.00. The van der Waals surface area contributed by atoms with E-state index in [2.05, 4.69) is 21.2 Å². The molecular weight excluding hydrogens is 480 g/mol. The van der Waals surface area contributed by atoms with Crippen LogP contribution in [0.4, 0.5) is 17.1 Å². The summed E-state index contributed by atoms with van der Waals surface area (Å²) in [5.74, 6) is -2.88. The molecule has 0 spiro atoms. The number of anilines is 2. The number of rotatable bonds is 3. The Hall–Kier alpha value is -3.43. The first-order valence-electron chi connectivity index (χ1n) is 8.38. The SMILES string of the molecule is O=C1c2c(Nc3ccc(Cl)cc3)cc(Br)c(O)c2C(=O)c2c(O)ccc([N+](=O)[O-])c21. The second-order valence-corrected chi connectivity index (χ2v) is 7.70. The largest absolute Gasteiger partial charge is 0.507 e. The van der Waals surface area contributed by atoms with Gasteiger partial charge in [0, 0.05) is 16.8 Å². The summed E-state index contributed by atoms with van der Waals surface area (Å²) in [7, 11) is 0. The molecule has 30 heavy (non-hydrogen) atoms. The van der Waals surface area contributed by atoms with E-state index in [9.17, 15) is 29.9 Å². The maximum absolute atomic E-state index is 13.3. The van der Waals surface area contributed by atoms with Crippen LogP contribution in [0.3, 0.4) is 0 Å². The molecule has 0 amide bonds. The number of hydrogen-bond donors (Lipinski definition) is 3. The van der Waals surface area contributed by atoms with Gasteiger partial charge < -0.3 is 15.5 Å². The molecule has 1 aliphatic rings. The minimum absolute atomic E-state index is 0.118. The molecule has 0 radical (unpaired) electrons. The van der Waals surface area contributed by atoms with Gasteiger partial charge in [-0.1, -0.05) is 11.6 Å². The fourth-order valence-electron chi connectivity index (χ4n) is 3.33. The van der Waals surface area contributed by atoms with Crippen LogP contribution in [0.25, 0.3) is 0 Å². The number of aromatic hydroxyl groups is 2. The van der Waals surface area contributed by atoms with Crippen LogP contribution in [0.15, 0.2) is 46.9 Å². The lowest BCUT2D eigenvalue weighted by Crippen LogP contribution is -2.24. The first-order chi connectivity index (χ1) is 14.2. The number of carbonyl (C=O) groups is 2. The number of ketones is 2. The Bertz CT molecular complexity index is 1270. The highest BCUT2D eigenvalue weighted by molar-refractivity contribution is 9.10. The van der Waals surface area contributed by atoms with Gasteiger partial charge in [-0.3, -0.25) is 19.7 Å². The van der Waals surface area contributed by atoms with E-state index in [4.69, 9.17) is 11.6 Å². The summed E-state index contributed by atoms with van der Waals surface area (Å²) in [6, 6.07) is 9.78. The molecule has 3 N–H and O–H groups in total. The van der Waals surface area contributed by atoms with Gasteiger partial charge in [0.25, 0.3) is 5.69 Å². The van der Waals surface area contributed by atoms with Crippen molar-refractivity contribution in [1.82, 2.24) is 0 Å². The van der Waals surface area contributed by atoms with Crippen molar-refractivity contribution in [3.8, 4) is 11.5 Å². The number of nitrogens with zero attached hydrogens (tertiary/aromatic N) is 1. The number of nitrogens with one attached hydrogen (secondary N) is 1. The summed E-state index contributed by atoms with van der Waals surface area (Å²) >= 11 is 9.03. The topological polar surface area (TPSA) is 130 Å². The molecule has 1 aliphatic carbocycles. The summed E-state index contributed by atoms with van der Waals surface area (Å²) in [5.41, 5.74) is -1.61. The molecule has 0 atom stereocenters. The molecule has 0 saturated carbocycles. The molecule has 0 heterocycles. The molecule has 3 aromatic rings. The van der Waals surface area contributed by atoms with Crippen molar-refractivity contribution in [3.05, 3.63) is 84.3 Å². The van der Waals surface area contributed by atoms with E-state index in [1.54, 1.807) is 24.3 Å². The van der Waals surface area contributed by atoms with Crippen LogP contribution in [-0.2, 0) is 0 Å². The van der Waals surface area contributed by atoms with E-state index in [1.807, 2.05) is 0 Å². The van der Waals surface area contributed by atoms with Crippen LogP contribution >= 0.6 is 27.5 Å². The number of nitro benzene ring substituents is 1. The number of hydrogen-bond acceptors (Lipinski definition) is 7. The number of fused-ring (bicyclic) bond motifs is 2. The van der Waals surface area contributed by atoms with Crippen molar-refractivity contribution < 1.29 is 24.7 Å². The Kier molecular flexibility index (Phi) is 4.71. The van der Waals surface area contributed by atoms with Gasteiger partial charge >= 0.3 is 0 Å². The van der Waals surface area contributed by atoms with Gasteiger partial charge in [-0.05, 0) is 52.3 Å². The van der Waals surface area contributed by atoms with E-state index >= 15 is 0 Å². The van der Waals surface area contributed by atoms with Crippen LogP contribution in [0.1, 0.15) is 31.8 Å². The monoisotopic (exact) mass is 488 g/mol. The summed E-state index contributed by atoms with van der Waals surface area (Å²) < 4.78 is 0.118. The van der Waals surface area contributed by atoms with Crippen molar-refractivity contribution in [1.29, 1.82) is 0 Å². The number of halogens is 2. The van der Waals surface area contributed by atoms with Crippen molar-refractivity contribution >= 4 is 56.2 Å². The van der Waals surface area contributed by atoms with Gasteiger partial charge in [0.1, 0.15) is 17.1 Å². The van der Waals surface area contributed by atoms with E-state index in [0.717, 1.165) is 12.1 Å². The second kappa shape index (κ2) is 7.12. The third-order valence-electron chi connectivity index (χ3n) is 4.64. The lowest BCUT2D eigenvalue weighted by atomic mass is 9.81. The summed E-state index contributed by atoms with van der Waals surface area (Å²) in [6.45, 7) is 0. The predicted octanol–water partition coefficient (Wildman–Crippen LogP) is 4.94. The molecule has 0 bridgehead atoms. The van der Waals surface area contributed by atoms with Crippen molar-refractivity contribution in [3.63, 3.8) is 0 Å². The second-order valence-electron chi connectivity index (χ2n) is 6.41. The highest BCUT2D eigenvalue weighted by atomic mass is 79.9. The number of phenolic OH excluding ortho intramolecular Hbond substituents is 2. The van der Waals surface area contributed by atoms with Gasteiger partial charge in [0.15, 0.2) is 0 Å². The Labute approximate surface area is 182 Å². The molecule has 10 heteroatoms. The molecule has 0 unspecified atom stereocenters. The fourth-order valence-corrected chi connectivity index (χ4v) is 3.88. The number of benzene rings is 3. The van der Waals surface area contributed by atoms with Crippen molar-refractivity contribution in [2.24, 2.45) is 0 Å². The molecule has 4 rings (SSSR count). The summed E-state index contributed by atoms with van der Waals surface area (Å²) in [4.78, 5) is 37.1. The maximum atomic E-state index is 13.3. The zero-order chi connectivity index (χ0) is 21.7. The first-order valence-corrected chi connectivity index (χ1v) is 9.55. The Morgan fingerprint density at radius 1 is 0.933 bits per heavy atom. The van der Waals surface area contributed by atoms with Gasteiger partial charge in [-0.15, -0.1) is 0 Å². The minimum atomic E-state index is -0.904. The molecule has 0 aromatic heterocycles. The van der Waals surface area contributed by atoms with Crippen LogP contribution in [-0.4, -0.2) is 26.7 Å². The van der Waals surface area contributed by atoms with Crippen LogP contribution in [0, 0.1) is 10.1 Å². The molecular formula is C20H10BrClN2O6. The summed E-state index contributed by atoms with van der Waals surface area (Å²) in [6.07, 6.45) is 0. The molecule has 0 saturated heterocycles. The highest BCUT2D eigenvalue weighted by Gasteiger charge is 2.41. The average Bonchev–Trinajstić information content (AvgIpc) is 2.70. The van der Waals surface area contributed by atoms with Gasteiger partial charge in [-0.25, -0.2) is 0 Å². The van der Waals surface area contributed by atoms with Gasteiger partial charge in [0.05, 0.1) is 31.8 Å². The lowest BCUT2D eigenvalue weighted by molar-refractivity contribution is -0.385. The standard InChI is InChI=1S/C20H10BrClN2O6/c21-10-7-11(23-9-3-1-8(22)2-4-9)14-17(18(10)26)20(28)16-13(25)6-5-12(24(29)30)15(16)19(14)27/h1-7,23,25-26H. The van der Waals surface area contributed by atoms with E-state index in [1.165, 1.54) is 6.07 Å². The average molecular weight is 490 g/mol. The molecule has 0 fully saturated rings. The smallest absolute Gasteiger partial charge is 0.281 e. The number of carbonyl (C=O) groups excluding carboxylic acids is 2. The van der Waals surface area contributed by atoms with Crippen LogP contribution in [0.2, 0.25) is 5.02 Å². The Morgan fingerprint density at radius 3 is 2.20 bits per heavy atom. The molecule has 8 nitrogen and oxygen atoms in total. The Morgan fingerprint density at radius 2 is 1.57 bits per heavy atom. The lowest BCUT2D eigenvalue weighted by Gasteiger charge is -2.23. The van der Waals surface area contributed by atoms with E-state index < -0.39 is 44.8 Å².